The van der Waals surface area contributed by atoms with E-state index in [1.165, 1.54) is 13.2 Å². The number of fused-ring (bicyclic) bond motifs is 2. The molecule has 6 nitrogen and oxygen atoms in total. The molecular formula is C24H19N3O3. The molecule has 1 amide bonds. The fourth-order valence-corrected chi connectivity index (χ4v) is 4.87. The fourth-order valence-electron chi connectivity index (χ4n) is 4.87. The highest BCUT2D eigenvalue weighted by atomic mass is 16.5. The molecule has 30 heavy (non-hydrogen) atoms. The number of amides is 1. The fraction of sp³-hybridized carbons (Fsp3) is 0.250. The molecular weight excluding hydrogens is 378 g/mol. The Morgan fingerprint density at radius 1 is 1.10 bits per heavy atom. The van der Waals surface area contributed by atoms with Gasteiger partial charge in [-0.15, -0.1) is 0 Å². The normalized spacial score (nSPS) is 23.5. The predicted octanol–water partition coefficient (Wildman–Crippen LogP) is 3.25. The van der Waals surface area contributed by atoms with E-state index in [4.69, 9.17) is 4.74 Å². The Hall–Kier alpha value is -3.90. The third-order valence-electron chi connectivity index (χ3n) is 6.27. The number of nitriles is 2. The van der Waals surface area contributed by atoms with Crippen molar-refractivity contribution in [3.63, 3.8) is 0 Å². The van der Waals surface area contributed by atoms with Crippen LogP contribution in [0.4, 0.5) is 5.69 Å². The summed E-state index contributed by atoms with van der Waals surface area (Å²) >= 11 is 0. The highest BCUT2D eigenvalue weighted by Gasteiger charge is 2.70. The van der Waals surface area contributed by atoms with Crippen molar-refractivity contribution in [1.82, 2.24) is 0 Å². The van der Waals surface area contributed by atoms with Crippen molar-refractivity contribution >= 4 is 17.6 Å². The van der Waals surface area contributed by atoms with Gasteiger partial charge in [0, 0.05) is 17.2 Å². The Bertz CT molecular complexity index is 1140. The molecule has 1 heterocycles. The lowest BCUT2D eigenvalue weighted by atomic mass is 9.59. The number of hydrogen-bond donors (Lipinski definition) is 0. The molecule has 2 aliphatic rings. The lowest BCUT2D eigenvalue weighted by molar-refractivity contribution is -0.136. The summed E-state index contributed by atoms with van der Waals surface area (Å²) in [6.45, 7) is 2.01. The van der Waals surface area contributed by atoms with Gasteiger partial charge in [-0.05, 0) is 23.3 Å². The van der Waals surface area contributed by atoms with E-state index in [9.17, 15) is 20.1 Å². The number of allylic oxidation sites excluding steroid dienone is 1. The maximum atomic E-state index is 14.0. The Morgan fingerprint density at radius 2 is 1.73 bits per heavy atom. The molecule has 148 valence electrons. The lowest BCUT2D eigenvalue weighted by Gasteiger charge is -2.36. The Balaban J connectivity index is 1.95. The number of rotatable bonds is 3. The third kappa shape index (κ3) is 2.28. The number of ether oxygens (including phenoxy) is 1. The van der Waals surface area contributed by atoms with Crippen molar-refractivity contribution in [3.05, 3.63) is 77.4 Å². The van der Waals surface area contributed by atoms with Gasteiger partial charge in [0.05, 0.1) is 25.8 Å². The van der Waals surface area contributed by atoms with E-state index in [1.807, 2.05) is 42.5 Å². The smallest absolute Gasteiger partial charge is 0.333 e. The number of anilines is 1. The summed E-state index contributed by atoms with van der Waals surface area (Å²) in [5, 5.41) is 20.2. The molecule has 2 atom stereocenters. The number of benzene rings is 2. The molecule has 0 N–H and O–H groups in total. The van der Waals surface area contributed by atoms with Crippen LogP contribution in [0, 0.1) is 34.0 Å². The van der Waals surface area contributed by atoms with Gasteiger partial charge < -0.3 is 9.64 Å². The maximum absolute atomic E-state index is 14.0. The molecule has 1 aliphatic carbocycles. The van der Waals surface area contributed by atoms with Crippen LogP contribution in [-0.4, -0.2) is 19.0 Å². The van der Waals surface area contributed by atoms with E-state index in [1.54, 1.807) is 24.0 Å². The van der Waals surface area contributed by atoms with Crippen LogP contribution in [0.3, 0.4) is 0 Å². The minimum atomic E-state index is -1.82. The minimum absolute atomic E-state index is 0.172. The molecule has 0 saturated heterocycles. The van der Waals surface area contributed by atoms with E-state index >= 15 is 0 Å². The van der Waals surface area contributed by atoms with Crippen LogP contribution in [0.25, 0.3) is 0 Å². The first kappa shape index (κ1) is 19.4. The van der Waals surface area contributed by atoms with E-state index in [-0.39, 0.29) is 11.5 Å². The number of carbonyl (C=O) groups excluding carboxylic acids is 2. The molecule has 0 aromatic heterocycles. The van der Waals surface area contributed by atoms with Crippen LogP contribution in [-0.2, 0) is 26.3 Å². The molecule has 6 heteroatoms. The SMILES string of the molecule is COC(=O)C1=CC(C#N)(C#N)C2(C(=O)N(Cc3ccccc3)c3ccccc32)[C@@H]1C. The second kappa shape index (κ2) is 6.86. The second-order valence-electron chi connectivity index (χ2n) is 7.55. The summed E-state index contributed by atoms with van der Waals surface area (Å²) in [5.74, 6) is -1.71. The molecule has 0 radical (unpaired) electrons. The topological polar surface area (TPSA) is 94.2 Å². The van der Waals surface area contributed by atoms with E-state index < -0.39 is 22.7 Å². The van der Waals surface area contributed by atoms with Gasteiger partial charge in [0.15, 0.2) is 5.41 Å². The number of esters is 1. The summed E-state index contributed by atoms with van der Waals surface area (Å²) in [6.07, 6.45) is 1.32. The Kier molecular flexibility index (Phi) is 4.44. The molecule has 0 saturated carbocycles. The van der Waals surface area contributed by atoms with Crippen molar-refractivity contribution in [1.29, 1.82) is 10.5 Å². The first-order chi connectivity index (χ1) is 14.5. The summed E-state index contributed by atoms with van der Waals surface area (Å²) in [5.41, 5.74) is -1.03. The van der Waals surface area contributed by atoms with Crippen LogP contribution in [0.2, 0.25) is 0 Å². The van der Waals surface area contributed by atoms with Gasteiger partial charge in [-0.3, -0.25) is 4.79 Å². The van der Waals surface area contributed by atoms with Crippen LogP contribution < -0.4 is 4.90 Å². The van der Waals surface area contributed by atoms with Gasteiger partial charge in [-0.1, -0.05) is 55.5 Å². The first-order valence-corrected chi connectivity index (χ1v) is 9.55. The van der Waals surface area contributed by atoms with Crippen molar-refractivity contribution in [3.8, 4) is 12.1 Å². The summed E-state index contributed by atoms with van der Waals surface area (Å²) in [4.78, 5) is 28.1. The van der Waals surface area contributed by atoms with Crippen molar-refractivity contribution < 1.29 is 14.3 Å². The minimum Gasteiger partial charge on any atom is -0.466 e. The molecule has 1 spiro atoms. The molecule has 1 unspecified atom stereocenters. The first-order valence-electron chi connectivity index (χ1n) is 9.55. The van der Waals surface area contributed by atoms with Gasteiger partial charge in [0.1, 0.15) is 5.41 Å². The molecule has 0 fully saturated rings. The highest BCUT2D eigenvalue weighted by molar-refractivity contribution is 6.12. The van der Waals surface area contributed by atoms with Crippen LogP contribution in [0.15, 0.2) is 66.2 Å². The third-order valence-corrected chi connectivity index (χ3v) is 6.27. The highest BCUT2D eigenvalue weighted by Crippen LogP contribution is 2.62. The summed E-state index contributed by atoms with van der Waals surface area (Å²) in [7, 11) is 1.24. The Labute approximate surface area is 174 Å². The maximum Gasteiger partial charge on any atom is 0.333 e. The largest absolute Gasteiger partial charge is 0.466 e. The van der Waals surface area contributed by atoms with Crippen molar-refractivity contribution in [2.75, 3.05) is 12.0 Å². The van der Waals surface area contributed by atoms with Crippen LogP contribution in [0.1, 0.15) is 18.1 Å². The van der Waals surface area contributed by atoms with Gasteiger partial charge in [0.2, 0.25) is 5.91 Å². The zero-order valence-electron chi connectivity index (χ0n) is 16.6. The molecule has 2 aromatic rings. The van der Waals surface area contributed by atoms with Crippen LogP contribution >= 0.6 is 0 Å². The Morgan fingerprint density at radius 3 is 2.37 bits per heavy atom. The standard InChI is InChI=1S/C24H19N3O3/c1-16-18(21(28)30-2)12-23(14-25,15-26)24(16)19-10-6-7-11-20(19)27(22(24)29)13-17-8-4-3-5-9-17/h3-12,16H,13H2,1-2H3/t16-,24?/m1/s1. The molecule has 0 bridgehead atoms. The summed E-state index contributed by atoms with van der Waals surface area (Å²) < 4.78 is 4.88. The van der Waals surface area contributed by atoms with Gasteiger partial charge >= 0.3 is 5.97 Å². The van der Waals surface area contributed by atoms with Crippen molar-refractivity contribution in [2.24, 2.45) is 11.3 Å². The predicted molar refractivity (Wildman–Crippen MR) is 109 cm³/mol. The van der Waals surface area contributed by atoms with Gasteiger partial charge in [0.25, 0.3) is 0 Å². The average Bonchev–Trinajstić information content (AvgIpc) is 3.20. The number of para-hydroxylation sites is 1. The number of nitrogens with zero attached hydrogens (tertiary/aromatic N) is 3. The van der Waals surface area contributed by atoms with E-state index in [0.717, 1.165) is 5.56 Å². The molecule has 4 rings (SSSR count). The molecule has 1 aliphatic heterocycles. The van der Waals surface area contributed by atoms with Gasteiger partial charge in [-0.25, -0.2) is 4.79 Å². The second-order valence-corrected chi connectivity index (χ2v) is 7.55. The van der Waals surface area contributed by atoms with E-state index in [0.29, 0.717) is 17.8 Å². The monoisotopic (exact) mass is 397 g/mol. The zero-order chi connectivity index (χ0) is 21.5. The number of hydrogen-bond acceptors (Lipinski definition) is 5. The van der Waals surface area contributed by atoms with Crippen molar-refractivity contribution in [2.45, 2.75) is 18.9 Å². The average molecular weight is 397 g/mol. The molecule has 2 aromatic carbocycles. The summed E-state index contributed by atoms with van der Waals surface area (Å²) in [6, 6.07) is 20.8. The number of carbonyl (C=O) groups is 2. The van der Waals surface area contributed by atoms with Gasteiger partial charge in [-0.2, -0.15) is 10.5 Å². The zero-order valence-corrected chi connectivity index (χ0v) is 16.6. The van der Waals surface area contributed by atoms with E-state index in [2.05, 4.69) is 12.1 Å². The quantitative estimate of drug-likeness (QED) is 0.741. The van der Waals surface area contributed by atoms with Crippen LogP contribution in [0.5, 0.6) is 0 Å². The number of methoxy groups -OCH3 is 1. The lowest BCUT2D eigenvalue weighted by Crippen LogP contribution is -2.52.